The van der Waals surface area contributed by atoms with Crippen LogP contribution in [0, 0.1) is 12.7 Å². The minimum absolute atomic E-state index is 0.0391. The molecule has 1 N–H and O–H groups in total. The molecule has 1 aromatic heterocycles. The lowest BCUT2D eigenvalue weighted by molar-refractivity contribution is 0.0936. The number of rotatable bonds is 3. The zero-order valence-electron chi connectivity index (χ0n) is 13.9. The van der Waals surface area contributed by atoms with Crippen molar-refractivity contribution in [1.29, 1.82) is 0 Å². The predicted molar refractivity (Wildman–Crippen MR) is 93.2 cm³/mol. The molecule has 5 heteroatoms. The molecule has 0 saturated carbocycles. The highest BCUT2D eigenvalue weighted by Crippen LogP contribution is 2.31. The van der Waals surface area contributed by atoms with Gasteiger partial charge in [-0.1, -0.05) is 24.3 Å². The quantitative estimate of drug-likeness (QED) is 0.793. The number of fused-ring (bicyclic) bond motifs is 1. The van der Waals surface area contributed by atoms with E-state index in [1.165, 1.54) is 23.3 Å². The molecule has 1 aliphatic carbocycles. The van der Waals surface area contributed by atoms with E-state index < -0.39 is 0 Å². The molecule has 2 aromatic carbocycles. The summed E-state index contributed by atoms with van der Waals surface area (Å²) in [6, 6.07) is 14.3. The maximum Gasteiger partial charge on any atom is 0.255 e. The van der Waals surface area contributed by atoms with E-state index in [9.17, 15) is 9.18 Å². The Morgan fingerprint density at radius 1 is 1.20 bits per heavy atom. The number of aryl methyl sites for hydroxylation is 1. The molecule has 0 fully saturated rings. The topological polar surface area (TPSA) is 46.9 Å². The molecule has 0 bridgehead atoms. The lowest BCUT2D eigenvalue weighted by Gasteiger charge is -2.14. The van der Waals surface area contributed by atoms with E-state index in [1.807, 2.05) is 19.1 Å². The maximum atomic E-state index is 13.1. The summed E-state index contributed by atoms with van der Waals surface area (Å²) in [6.45, 7) is 1.84. The fourth-order valence-corrected chi connectivity index (χ4v) is 3.42. The number of amides is 1. The van der Waals surface area contributed by atoms with Crippen molar-refractivity contribution in [2.24, 2.45) is 0 Å². The van der Waals surface area contributed by atoms with Crippen LogP contribution in [0.3, 0.4) is 0 Å². The van der Waals surface area contributed by atoms with Crippen molar-refractivity contribution in [3.63, 3.8) is 0 Å². The average Bonchev–Trinajstić information content (AvgIpc) is 3.20. The first kappa shape index (κ1) is 15.6. The number of nitrogens with one attached hydrogen (secondary N) is 1. The molecule has 126 valence electrons. The van der Waals surface area contributed by atoms with Gasteiger partial charge in [-0.05, 0) is 55.2 Å². The van der Waals surface area contributed by atoms with E-state index in [-0.39, 0.29) is 17.8 Å². The number of aromatic nitrogens is 2. The second-order valence-corrected chi connectivity index (χ2v) is 6.30. The number of halogens is 1. The Hall–Kier alpha value is -2.95. The van der Waals surface area contributed by atoms with Gasteiger partial charge in [-0.25, -0.2) is 9.07 Å². The van der Waals surface area contributed by atoms with Crippen molar-refractivity contribution in [3.8, 4) is 5.69 Å². The summed E-state index contributed by atoms with van der Waals surface area (Å²) in [5.41, 5.74) is 4.49. The predicted octanol–water partition coefficient (Wildman–Crippen LogP) is 3.74. The number of nitrogens with zero attached hydrogens (tertiary/aromatic N) is 2. The monoisotopic (exact) mass is 335 g/mol. The largest absolute Gasteiger partial charge is 0.345 e. The van der Waals surface area contributed by atoms with Crippen molar-refractivity contribution in [2.45, 2.75) is 25.8 Å². The van der Waals surface area contributed by atoms with E-state index >= 15 is 0 Å². The molecule has 0 saturated heterocycles. The highest BCUT2D eigenvalue weighted by molar-refractivity contribution is 5.95. The Kier molecular flexibility index (Phi) is 3.84. The third-order valence-electron chi connectivity index (χ3n) is 4.76. The number of hydrogen-bond acceptors (Lipinski definition) is 2. The molecule has 1 heterocycles. The van der Waals surface area contributed by atoms with Crippen LogP contribution in [-0.2, 0) is 6.42 Å². The van der Waals surface area contributed by atoms with Gasteiger partial charge in [0, 0.05) is 0 Å². The van der Waals surface area contributed by atoms with E-state index in [4.69, 9.17) is 0 Å². The molecule has 1 amide bonds. The number of carbonyl (C=O) groups is 1. The molecule has 1 atom stereocenters. The van der Waals surface area contributed by atoms with Gasteiger partial charge in [-0.3, -0.25) is 4.79 Å². The van der Waals surface area contributed by atoms with Gasteiger partial charge in [0.1, 0.15) is 5.82 Å². The van der Waals surface area contributed by atoms with Crippen LogP contribution < -0.4 is 5.32 Å². The summed E-state index contributed by atoms with van der Waals surface area (Å²) in [6.07, 6.45) is 3.46. The fraction of sp³-hybridized carbons (Fsp3) is 0.200. The highest BCUT2D eigenvalue weighted by Gasteiger charge is 2.25. The van der Waals surface area contributed by atoms with E-state index in [2.05, 4.69) is 22.5 Å². The Bertz CT molecular complexity index is 930. The van der Waals surface area contributed by atoms with Gasteiger partial charge < -0.3 is 5.32 Å². The van der Waals surface area contributed by atoms with Crippen LogP contribution in [0.25, 0.3) is 5.69 Å². The van der Waals surface area contributed by atoms with Crippen LogP contribution in [0.1, 0.15) is 39.6 Å². The standard InChI is InChI=1S/C20H18FN3O/c1-13-18(12-22-24(13)16-9-7-15(21)8-10-16)20(25)23-19-11-6-14-4-2-3-5-17(14)19/h2-5,7-10,12,19H,6,11H2,1H3,(H,23,25). The van der Waals surface area contributed by atoms with E-state index in [0.29, 0.717) is 5.56 Å². The van der Waals surface area contributed by atoms with Crippen molar-refractivity contribution < 1.29 is 9.18 Å². The fourth-order valence-electron chi connectivity index (χ4n) is 3.42. The average molecular weight is 335 g/mol. The van der Waals surface area contributed by atoms with Crippen LogP contribution in [0.5, 0.6) is 0 Å². The summed E-state index contributed by atoms with van der Waals surface area (Å²) >= 11 is 0. The molecule has 3 aromatic rings. The first-order valence-corrected chi connectivity index (χ1v) is 8.33. The van der Waals surface area contributed by atoms with Gasteiger partial charge in [-0.2, -0.15) is 5.10 Å². The third-order valence-corrected chi connectivity index (χ3v) is 4.76. The lowest BCUT2D eigenvalue weighted by Crippen LogP contribution is -2.27. The van der Waals surface area contributed by atoms with Crippen LogP contribution in [0.15, 0.2) is 54.7 Å². The number of hydrogen-bond donors (Lipinski definition) is 1. The normalized spacial score (nSPS) is 15.8. The Morgan fingerprint density at radius 3 is 2.76 bits per heavy atom. The van der Waals surface area contributed by atoms with Crippen molar-refractivity contribution >= 4 is 5.91 Å². The van der Waals surface area contributed by atoms with Crippen molar-refractivity contribution in [2.75, 3.05) is 0 Å². The molecular weight excluding hydrogens is 317 g/mol. The minimum atomic E-state index is -0.300. The second-order valence-electron chi connectivity index (χ2n) is 6.30. The van der Waals surface area contributed by atoms with E-state index in [0.717, 1.165) is 24.2 Å². The maximum absolute atomic E-state index is 13.1. The second kappa shape index (κ2) is 6.16. The van der Waals surface area contributed by atoms with Gasteiger partial charge in [0.15, 0.2) is 0 Å². The molecule has 0 radical (unpaired) electrons. The minimum Gasteiger partial charge on any atom is -0.345 e. The SMILES string of the molecule is Cc1c(C(=O)NC2CCc3ccccc32)cnn1-c1ccc(F)cc1. The van der Waals surface area contributed by atoms with Crippen LogP contribution in [0.4, 0.5) is 4.39 Å². The van der Waals surface area contributed by atoms with E-state index in [1.54, 1.807) is 23.0 Å². The highest BCUT2D eigenvalue weighted by atomic mass is 19.1. The summed E-state index contributed by atoms with van der Waals surface area (Å²) in [5, 5.41) is 7.40. The third kappa shape index (κ3) is 2.82. The molecule has 0 aliphatic heterocycles. The van der Waals surface area contributed by atoms with Gasteiger partial charge in [-0.15, -0.1) is 0 Å². The van der Waals surface area contributed by atoms with Crippen LogP contribution in [0.2, 0.25) is 0 Å². The molecule has 0 spiro atoms. The van der Waals surface area contributed by atoms with Crippen LogP contribution >= 0.6 is 0 Å². The summed E-state index contributed by atoms with van der Waals surface area (Å²) in [7, 11) is 0. The molecule has 1 aliphatic rings. The van der Waals surface area contributed by atoms with Gasteiger partial charge >= 0.3 is 0 Å². The van der Waals surface area contributed by atoms with Gasteiger partial charge in [0.05, 0.1) is 29.2 Å². The van der Waals surface area contributed by atoms with Crippen molar-refractivity contribution in [1.82, 2.24) is 15.1 Å². The smallest absolute Gasteiger partial charge is 0.255 e. The first-order valence-electron chi connectivity index (χ1n) is 8.33. The molecule has 25 heavy (non-hydrogen) atoms. The summed E-state index contributed by atoms with van der Waals surface area (Å²) in [5.74, 6) is -0.431. The number of carbonyl (C=O) groups excluding carboxylic acids is 1. The van der Waals surface area contributed by atoms with Crippen LogP contribution in [-0.4, -0.2) is 15.7 Å². The lowest BCUT2D eigenvalue weighted by atomic mass is 10.1. The zero-order valence-corrected chi connectivity index (χ0v) is 13.9. The molecule has 4 nitrogen and oxygen atoms in total. The summed E-state index contributed by atoms with van der Waals surface area (Å²) in [4.78, 5) is 12.7. The van der Waals surface area contributed by atoms with Gasteiger partial charge in [0.2, 0.25) is 0 Å². The zero-order chi connectivity index (χ0) is 17.4. The Morgan fingerprint density at radius 2 is 1.96 bits per heavy atom. The first-order chi connectivity index (χ1) is 12.1. The Labute approximate surface area is 145 Å². The number of benzene rings is 2. The van der Waals surface area contributed by atoms with Gasteiger partial charge in [0.25, 0.3) is 5.91 Å². The summed E-state index contributed by atoms with van der Waals surface area (Å²) < 4.78 is 14.7. The molecular formula is C20H18FN3O. The molecule has 4 rings (SSSR count). The van der Waals surface area contributed by atoms with Crippen molar-refractivity contribution in [3.05, 3.63) is 82.9 Å². The Balaban J connectivity index is 1.57. The molecule has 1 unspecified atom stereocenters.